The van der Waals surface area contributed by atoms with Crippen LogP contribution in [0.25, 0.3) is 21.9 Å². The first kappa shape index (κ1) is 14.1. The molecule has 7 heteroatoms. The summed E-state index contributed by atoms with van der Waals surface area (Å²) < 4.78 is 13.3. The first-order valence-corrected chi connectivity index (χ1v) is 7.19. The number of H-pyrrole nitrogens is 2. The van der Waals surface area contributed by atoms with E-state index in [1.807, 2.05) is 24.3 Å². The number of nitrogens with one attached hydrogen (secondary N) is 3. The normalized spacial score (nSPS) is 11.0. The molecule has 0 radical (unpaired) electrons. The van der Waals surface area contributed by atoms with Crippen molar-refractivity contribution in [3.63, 3.8) is 0 Å². The van der Waals surface area contributed by atoms with E-state index in [-0.39, 0.29) is 17.0 Å². The average Bonchev–Trinajstić information content (AvgIpc) is 2.95. The largest absolute Gasteiger partial charge is 0.324 e. The van der Waals surface area contributed by atoms with Crippen molar-refractivity contribution >= 4 is 33.8 Å². The molecule has 0 saturated carbocycles. The third-order valence-electron chi connectivity index (χ3n) is 3.67. The highest BCUT2D eigenvalue weighted by Gasteiger charge is 2.14. The molecule has 0 aliphatic carbocycles. The minimum atomic E-state index is -0.503. The molecule has 2 aromatic carbocycles. The fourth-order valence-electron chi connectivity index (χ4n) is 2.61. The minimum Gasteiger partial charge on any atom is -0.324 e. The van der Waals surface area contributed by atoms with Gasteiger partial charge in [-0.05, 0) is 30.3 Å². The molecule has 0 unspecified atom stereocenters. The van der Waals surface area contributed by atoms with Crippen LogP contribution in [0.15, 0.2) is 53.3 Å². The van der Waals surface area contributed by atoms with E-state index in [0.717, 1.165) is 5.52 Å². The van der Waals surface area contributed by atoms with Gasteiger partial charge in [-0.1, -0.05) is 12.1 Å². The van der Waals surface area contributed by atoms with E-state index in [2.05, 4.69) is 20.3 Å². The smallest absolute Gasteiger partial charge is 0.258 e. The predicted molar refractivity (Wildman–Crippen MR) is 88.6 cm³/mol. The van der Waals surface area contributed by atoms with Gasteiger partial charge < -0.3 is 9.97 Å². The first-order valence-electron chi connectivity index (χ1n) is 7.19. The second kappa shape index (κ2) is 5.31. The molecule has 0 fully saturated rings. The summed E-state index contributed by atoms with van der Waals surface area (Å²) >= 11 is 0. The third kappa shape index (κ3) is 2.41. The number of hydrogen-bond donors (Lipinski definition) is 3. The zero-order valence-corrected chi connectivity index (χ0v) is 12.3. The molecule has 4 aromatic rings. The maximum Gasteiger partial charge on any atom is 0.258 e. The topological polar surface area (TPSA) is 90.6 Å². The van der Waals surface area contributed by atoms with Crippen molar-refractivity contribution in [1.82, 2.24) is 15.0 Å². The number of amides is 1. The highest BCUT2D eigenvalue weighted by molar-refractivity contribution is 6.12. The van der Waals surface area contributed by atoms with Crippen LogP contribution in [0.1, 0.15) is 10.4 Å². The summed E-state index contributed by atoms with van der Waals surface area (Å²) in [6, 6.07) is 12.4. The number of benzene rings is 2. The molecule has 2 aromatic heterocycles. The van der Waals surface area contributed by atoms with Gasteiger partial charge in [-0.25, -0.2) is 9.37 Å². The monoisotopic (exact) mass is 322 g/mol. The number of nitrogens with zero attached hydrogens (tertiary/aromatic N) is 1. The first-order chi connectivity index (χ1) is 11.6. The molecule has 4 rings (SSSR count). The highest BCUT2D eigenvalue weighted by atomic mass is 19.1. The number of hydrogen-bond acceptors (Lipinski definition) is 3. The summed E-state index contributed by atoms with van der Waals surface area (Å²) in [6.45, 7) is 0. The summed E-state index contributed by atoms with van der Waals surface area (Å²) in [5.41, 5.74) is 1.42. The zero-order valence-electron chi connectivity index (χ0n) is 12.3. The molecule has 1 amide bonds. The van der Waals surface area contributed by atoms with Crippen LogP contribution in [-0.2, 0) is 0 Å². The number of anilines is 1. The van der Waals surface area contributed by atoms with Gasteiger partial charge >= 0.3 is 0 Å². The summed E-state index contributed by atoms with van der Waals surface area (Å²) in [4.78, 5) is 34.0. The van der Waals surface area contributed by atoms with Gasteiger partial charge in [0.05, 0.1) is 22.1 Å². The van der Waals surface area contributed by atoms with E-state index >= 15 is 0 Å². The number of carbonyl (C=O) groups excluding carboxylic acids is 1. The highest BCUT2D eigenvalue weighted by Crippen LogP contribution is 2.18. The molecule has 6 nitrogen and oxygen atoms in total. The lowest BCUT2D eigenvalue weighted by molar-refractivity contribution is 0.102. The van der Waals surface area contributed by atoms with Crippen molar-refractivity contribution in [1.29, 1.82) is 0 Å². The van der Waals surface area contributed by atoms with Crippen LogP contribution < -0.4 is 10.9 Å². The molecule has 0 atom stereocenters. The Balaban J connectivity index is 1.76. The minimum absolute atomic E-state index is 0.147. The Bertz CT molecular complexity index is 1110. The number of fused-ring (bicyclic) bond motifs is 2. The zero-order chi connectivity index (χ0) is 16.7. The molecule has 0 bridgehead atoms. The average molecular weight is 322 g/mol. The van der Waals surface area contributed by atoms with E-state index in [0.29, 0.717) is 10.9 Å². The second-order valence-electron chi connectivity index (χ2n) is 5.29. The van der Waals surface area contributed by atoms with Crippen molar-refractivity contribution in [2.45, 2.75) is 0 Å². The fraction of sp³-hybridized carbons (Fsp3) is 0. The van der Waals surface area contributed by atoms with Gasteiger partial charge in [-0.2, -0.15) is 0 Å². The number of pyridine rings is 1. The molecule has 24 heavy (non-hydrogen) atoms. The van der Waals surface area contributed by atoms with Crippen LogP contribution in [-0.4, -0.2) is 20.9 Å². The van der Waals surface area contributed by atoms with Gasteiger partial charge in [-0.15, -0.1) is 0 Å². The lowest BCUT2D eigenvalue weighted by Crippen LogP contribution is -2.17. The Morgan fingerprint density at radius 2 is 1.88 bits per heavy atom. The van der Waals surface area contributed by atoms with Crippen LogP contribution in [0, 0.1) is 5.82 Å². The van der Waals surface area contributed by atoms with Crippen LogP contribution in [0.3, 0.4) is 0 Å². The Morgan fingerprint density at radius 3 is 2.71 bits per heavy atom. The molecular formula is C17H11FN4O2. The van der Waals surface area contributed by atoms with Gasteiger partial charge in [0.2, 0.25) is 11.5 Å². The van der Waals surface area contributed by atoms with Crippen LogP contribution in [0.4, 0.5) is 10.3 Å². The van der Waals surface area contributed by atoms with E-state index in [1.54, 1.807) is 0 Å². The Hall–Kier alpha value is -3.48. The van der Waals surface area contributed by atoms with Gasteiger partial charge in [0.15, 0.2) is 0 Å². The van der Waals surface area contributed by atoms with Crippen LogP contribution in [0.2, 0.25) is 0 Å². The molecule has 3 N–H and O–H groups in total. The second-order valence-corrected chi connectivity index (χ2v) is 5.29. The number of halogens is 1. The van der Waals surface area contributed by atoms with Gasteiger partial charge in [0.25, 0.3) is 5.91 Å². The molecule has 0 aliphatic heterocycles. The standard InChI is InChI=1S/C17H11FN4O2/c18-9-5-6-10-11(8-15(23)19-14(10)7-9)16(24)22-17-20-12-3-1-2-4-13(12)21-17/h1-8H,(H,19,23)(H2,20,21,22,24). The number of rotatable bonds is 2. The molecule has 2 heterocycles. The number of aromatic nitrogens is 3. The lowest BCUT2D eigenvalue weighted by Gasteiger charge is -2.06. The number of imidazole rings is 1. The van der Waals surface area contributed by atoms with Crippen LogP contribution in [0.5, 0.6) is 0 Å². The fourth-order valence-corrected chi connectivity index (χ4v) is 2.61. The Labute approximate surface area is 134 Å². The number of para-hydroxylation sites is 2. The van der Waals surface area contributed by atoms with E-state index in [9.17, 15) is 14.0 Å². The molecular weight excluding hydrogens is 311 g/mol. The molecule has 0 spiro atoms. The quantitative estimate of drug-likeness (QED) is 0.530. The van der Waals surface area contributed by atoms with Gasteiger partial charge in [0, 0.05) is 11.5 Å². The van der Waals surface area contributed by atoms with Crippen molar-refractivity contribution < 1.29 is 9.18 Å². The van der Waals surface area contributed by atoms with Crippen LogP contribution >= 0.6 is 0 Å². The summed E-state index contributed by atoms with van der Waals surface area (Å²) in [6.07, 6.45) is 0. The van der Waals surface area contributed by atoms with E-state index in [1.165, 1.54) is 24.3 Å². The SMILES string of the molecule is O=C(Nc1nc2ccccc2[nH]1)c1cc(=O)[nH]c2cc(F)ccc12. The summed E-state index contributed by atoms with van der Waals surface area (Å²) in [7, 11) is 0. The van der Waals surface area contributed by atoms with E-state index in [4.69, 9.17) is 0 Å². The van der Waals surface area contributed by atoms with Crippen molar-refractivity contribution in [2.75, 3.05) is 5.32 Å². The maximum atomic E-state index is 13.3. The Kier molecular flexibility index (Phi) is 3.13. The van der Waals surface area contributed by atoms with Gasteiger partial charge in [0.1, 0.15) is 5.82 Å². The third-order valence-corrected chi connectivity index (χ3v) is 3.67. The van der Waals surface area contributed by atoms with E-state index < -0.39 is 17.3 Å². The van der Waals surface area contributed by atoms with Crippen molar-refractivity contribution in [2.24, 2.45) is 0 Å². The predicted octanol–water partition coefficient (Wildman–Crippen LogP) is 2.80. The summed E-state index contributed by atoms with van der Waals surface area (Å²) in [5, 5.41) is 3.08. The number of aromatic amines is 2. The van der Waals surface area contributed by atoms with Gasteiger partial charge in [-0.3, -0.25) is 14.9 Å². The Morgan fingerprint density at radius 1 is 1.04 bits per heavy atom. The lowest BCUT2D eigenvalue weighted by atomic mass is 10.1. The summed E-state index contributed by atoms with van der Waals surface area (Å²) in [5.74, 6) is -0.721. The maximum absolute atomic E-state index is 13.3. The molecule has 118 valence electrons. The molecule has 0 saturated heterocycles. The number of carbonyl (C=O) groups is 1. The molecule has 0 aliphatic rings. The van der Waals surface area contributed by atoms with Crippen molar-refractivity contribution in [3.05, 3.63) is 70.3 Å². The van der Waals surface area contributed by atoms with Crippen molar-refractivity contribution in [3.8, 4) is 0 Å².